The fourth-order valence-corrected chi connectivity index (χ4v) is 4.13. The number of hydrogen-bond acceptors (Lipinski definition) is 5. The van der Waals surface area contributed by atoms with Crippen LogP contribution in [0.3, 0.4) is 0 Å². The third-order valence-corrected chi connectivity index (χ3v) is 6.19. The van der Waals surface area contributed by atoms with E-state index in [0.29, 0.717) is 5.69 Å². The van der Waals surface area contributed by atoms with Crippen molar-refractivity contribution in [1.29, 1.82) is 0 Å². The lowest BCUT2D eigenvalue weighted by Crippen LogP contribution is -2.46. The third kappa shape index (κ3) is 5.02. The Hall–Kier alpha value is -2.81. The first-order chi connectivity index (χ1) is 14.1. The number of aliphatic hydroxyl groups is 1. The van der Waals surface area contributed by atoms with Gasteiger partial charge in [0.05, 0.1) is 17.0 Å². The van der Waals surface area contributed by atoms with Crippen LogP contribution in [0, 0.1) is 0 Å². The maximum atomic E-state index is 12.7. The molecular weight excluding hydrogens is 402 g/mol. The number of fused-ring (bicyclic) bond motifs is 1. The van der Waals surface area contributed by atoms with Crippen molar-refractivity contribution in [3.63, 3.8) is 0 Å². The number of anilines is 1. The molecule has 0 bridgehead atoms. The first-order valence-electron chi connectivity index (χ1n) is 9.49. The van der Waals surface area contributed by atoms with Gasteiger partial charge in [0.1, 0.15) is 6.04 Å². The molecule has 7 nitrogen and oxygen atoms in total. The molecule has 0 aliphatic carbocycles. The smallest absolute Gasteiger partial charge is 0.244 e. The summed E-state index contributed by atoms with van der Waals surface area (Å²) >= 11 is 0. The molecule has 0 saturated heterocycles. The number of rotatable bonds is 6. The number of nitrogens with one attached hydrogen (secondary N) is 2. The van der Waals surface area contributed by atoms with Crippen molar-refractivity contribution in [2.24, 2.45) is 0 Å². The summed E-state index contributed by atoms with van der Waals surface area (Å²) in [5, 5.41) is 13.1. The molecule has 0 radical (unpaired) electrons. The lowest BCUT2D eigenvalue weighted by Gasteiger charge is -2.20. The molecule has 8 heteroatoms. The second-order valence-corrected chi connectivity index (χ2v) is 9.74. The largest absolute Gasteiger partial charge is 0.394 e. The van der Waals surface area contributed by atoms with Gasteiger partial charge >= 0.3 is 0 Å². The molecule has 1 atom stereocenters. The van der Waals surface area contributed by atoms with Gasteiger partial charge < -0.3 is 10.4 Å². The quantitative estimate of drug-likeness (QED) is 0.561. The first kappa shape index (κ1) is 21.9. The highest BCUT2D eigenvalue weighted by Crippen LogP contribution is 2.23. The second-order valence-electron chi connectivity index (χ2n) is 8.03. The average molecular weight is 428 g/mol. The Balaban J connectivity index is 1.74. The highest BCUT2D eigenvalue weighted by molar-refractivity contribution is 7.89. The van der Waals surface area contributed by atoms with Gasteiger partial charge in [0.15, 0.2) is 0 Å². The number of carbonyl (C=O) groups excluding carboxylic acids is 1. The van der Waals surface area contributed by atoms with E-state index in [1.807, 2.05) is 26.8 Å². The molecule has 158 valence electrons. The van der Waals surface area contributed by atoms with Gasteiger partial charge in [-0.1, -0.05) is 39.0 Å². The summed E-state index contributed by atoms with van der Waals surface area (Å²) in [6.07, 6.45) is 1.67. The molecule has 30 heavy (non-hydrogen) atoms. The molecule has 0 saturated carbocycles. The average Bonchev–Trinajstić information content (AvgIpc) is 2.71. The summed E-state index contributed by atoms with van der Waals surface area (Å²) in [5.41, 5.74) is 2.13. The minimum Gasteiger partial charge on any atom is -0.394 e. The van der Waals surface area contributed by atoms with E-state index >= 15 is 0 Å². The van der Waals surface area contributed by atoms with Crippen molar-refractivity contribution in [3.8, 4) is 0 Å². The van der Waals surface area contributed by atoms with Gasteiger partial charge in [-0.25, -0.2) is 8.42 Å². The Labute approximate surface area is 176 Å². The Kier molecular flexibility index (Phi) is 6.21. The second kappa shape index (κ2) is 8.51. The van der Waals surface area contributed by atoms with Crippen molar-refractivity contribution < 1.29 is 18.3 Å². The van der Waals surface area contributed by atoms with E-state index < -0.39 is 28.6 Å². The highest BCUT2D eigenvalue weighted by Gasteiger charge is 2.26. The van der Waals surface area contributed by atoms with Gasteiger partial charge in [-0.15, -0.1) is 0 Å². The normalized spacial score (nSPS) is 13.2. The molecule has 1 aromatic heterocycles. The molecule has 0 fully saturated rings. The number of aliphatic hydroxyl groups excluding tert-OH is 1. The lowest BCUT2D eigenvalue weighted by molar-refractivity contribution is -0.118. The van der Waals surface area contributed by atoms with Crippen LogP contribution in [0.1, 0.15) is 26.3 Å². The van der Waals surface area contributed by atoms with Crippen LogP contribution in [0.25, 0.3) is 10.9 Å². The van der Waals surface area contributed by atoms with Gasteiger partial charge in [0.25, 0.3) is 0 Å². The number of nitrogens with zero attached hydrogens (tertiary/aromatic N) is 1. The summed E-state index contributed by atoms with van der Waals surface area (Å²) in [6.45, 7) is 5.41. The molecule has 2 aromatic carbocycles. The summed E-state index contributed by atoms with van der Waals surface area (Å²) in [4.78, 5) is 16.8. The summed E-state index contributed by atoms with van der Waals surface area (Å²) in [5.74, 6) is -0.657. The molecule has 0 aliphatic heterocycles. The number of aromatic nitrogens is 1. The maximum absolute atomic E-state index is 12.7. The minimum absolute atomic E-state index is 0.0264. The van der Waals surface area contributed by atoms with Crippen LogP contribution in [0.5, 0.6) is 0 Å². The lowest BCUT2D eigenvalue weighted by atomic mass is 9.87. The molecular formula is C22H25N3O4S. The molecule has 3 N–H and O–H groups in total. The molecule has 0 spiro atoms. The van der Waals surface area contributed by atoms with Crippen LogP contribution in [0.15, 0.2) is 65.7 Å². The number of carbonyl (C=O) groups is 1. The fourth-order valence-electron chi connectivity index (χ4n) is 2.95. The van der Waals surface area contributed by atoms with E-state index in [4.69, 9.17) is 0 Å². The number of pyridine rings is 1. The Morgan fingerprint density at radius 2 is 1.80 bits per heavy atom. The van der Waals surface area contributed by atoms with Crippen LogP contribution >= 0.6 is 0 Å². The van der Waals surface area contributed by atoms with Crippen LogP contribution in [0.2, 0.25) is 0 Å². The van der Waals surface area contributed by atoms with Crippen molar-refractivity contribution in [1.82, 2.24) is 9.71 Å². The zero-order chi connectivity index (χ0) is 21.9. The Morgan fingerprint density at radius 3 is 2.43 bits per heavy atom. The predicted molar refractivity (Wildman–Crippen MR) is 117 cm³/mol. The summed E-state index contributed by atoms with van der Waals surface area (Å²) < 4.78 is 27.6. The van der Waals surface area contributed by atoms with Crippen LogP contribution < -0.4 is 10.0 Å². The van der Waals surface area contributed by atoms with E-state index in [-0.39, 0.29) is 10.3 Å². The van der Waals surface area contributed by atoms with Gasteiger partial charge in [0.2, 0.25) is 15.9 Å². The topological polar surface area (TPSA) is 108 Å². The monoisotopic (exact) mass is 427 g/mol. The molecule has 3 aromatic rings. The standard InChI is InChI=1S/C22H25N3O4S/c1-22(2,3)16-6-9-18(10-7-16)30(28,29)25-20(14-26)21(27)24-17-8-11-19-15(13-17)5-4-12-23-19/h4-13,20,25-26H,14H2,1-3H3,(H,24,27). The van der Waals surface area contributed by atoms with Crippen LogP contribution in [0.4, 0.5) is 5.69 Å². The molecule has 1 heterocycles. The fraction of sp³-hybridized carbons (Fsp3) is 0.273. The molecule has 1 unspecified atom stereocenters. The third-order valence-electron chi connectivity index (χ3n) is 4.70. The van der Waals surface area contributed by atoms with E-state index in [1.165, 1.54) is 12.1 Å². The van der Waals surface area contributed by atoms with Crippen molar-refractivity contribution in [3.05, 3.63) is 66.4 Å². The number of sulfonamides is 1. The van der Waals surface area contributed by atoms with Crippen molar-refractivity contribution in [2.75, 3.05) is 11.9 Å². The van der Waals surface area contributed by atoms with Gasteiger partial charge in [0, 0.05) is 17.3 Å². The Morgan fingerprint density at radius 1 is 1.10 bits per heavy atom. The summed E-state index contributed by atoms with van der Waals surface area (Å²) in [7, 11) is -3.99. The van der Waals surface area contributed by atoms with Gasteiger partial charge in [-0.05, 0) is 47.4 Å². The number of amides is 1. The Bertz CT molecular complexity index is 1150. The maximum Gasteiger partial charge on any atom is 0.244 e. The minimum atomic E-state index is -3.99. The highest BCUT2D eigenvalue weighted by atomic mass is 32.2. The zero-order valence-corrected chi connectivity index (χ0v) is 17.9. The SMILES string of the molecule is CC(C)(C)c1ccc(S(=O)(=O)NC(CO)C(=O)Nc2ccc3ncccc3c2)cc1. The molecule has 0 aliphatic rings. The van der Waals surface area contributed by atoms with E-state index in [1.54, 1.807) is 42.6 Å². The van der Waals surface area contributed by atoms with Gasteiger partial charge in [-0.3, -0.25) is 9.78 Å². The number of hydrogen-bond donors (Lipinski definition) is 3. The van der Waals surface area contributed by atoms with E-state index in [0.717, 1.165) is 16.5 Å². The molecule has 1 amide bonds. The van der Waals surface area contributed by atoms with Crippen molar-refractivity contribution in [2.45, 2.75) is 37.1 Å². The predicted octanol–water partition coefficient (Wildman–Crippen LogP) is 2.81. The summed E-state index contributed by atoms with van der Waals surface area (Å²) in [6, 6.07) is 13.9. The van der Waals surface area contributed by atoms with Crippen LogP contribution in [-0.2, 0) is 20.2 Å². The first-order valence-corrected chi connectivity index (χ1v) is 11.0. The van der Waals surface area contributed by atoms with Gasteiger partial charge in [-0.2, -0.15) is 4.72 Å². The van der Waals surface area contributed by atoms with E-state index in [9.17, 15) is 18.3 Å². The molecule has 3 rings (SSSR count). The van der Waals surface area contributed by atoms with Crippen LogP contribution in [-0.4, -0.2) is 37.1 Å². The van der Waals surface area contributed by atoms with Crippen molar-refractivity contribution >= 4 is 32.5 Å². The van der Waals surface area contributed by atoms with E-state index in [2.05, 4.69) is 15.0 Å². The zero-order valence-electron chi connectivity index (χ0n) is 17.1. The number of benzene rings is 2.